The zero-order chi connectivity index (χ0) is 14.2. The molecule has 2 unspecified atom stereocenters. The maximum absolute atomic E-state index is 11.6. The van der Waals surface area contributed by atoms with Crippen LogP contribution in [0.15, 0.2) is 18.2 Å². The van der Waals surface area contributed by atoms with Gasteiger partial charge in [-0.1, -0.05) is 18.2 Å². The van der Waals surface area contributed by atoms with E-state index < -0.39 is 9.84 Å². The van der Waals surface area contributed by atoms with Crippen molar-refractivity contribution < 1.29 is 8.42 Å². The van der Waals surface area contributed by atoms with Crippen LogP contribution in [0.3, 0.4) is 0 Å². The molecule has 20 heavy (non-hydrogen) atoms. The number of nitrogens with two attached hydrogens (primary N) is 1. The summed E-state index contributed by atoms with van der Waals surface area (Å²) in [5.74, 6) is 1.23. The molecule has 0 bridgehead atoms. The van der Waals surface area contributed by atoms with Gasteiger partial charge in [0.2, 0.25) is 0 Å². The van der Waals surface area contributed by atoms with Crippen molar-refractivity contribution in [1.29, 1.82) is 0 Å². The molecule has 4 heteroatoms. The van der Waals surface area contributed by atoms with Gasteiger partial charge in [-0.15, -0.1) is 0 Å². The van der Waals surface area contributed by atoms with E-state index in [1.165, 1.54) is 36.0 Å². The fourth-order valence-electron chi connectivity index (χ4n) is 3.69. The first-order valence-electron chi connectivity index (χ1n) is 7.58. The predicted octanol–water partition coefficient (Wildman–Crippen LogP) is 1.73. The van der Waals surface area contributed by atoms with E-state index in [0.29, 0.717) is 24.0 Å². The first-order valence-corrected chi connectivity index (χ1v) is 9.41. The lowest BCUT2D eigenvalue weighted by molar-refractivity contribution is 0.370. The molecule has 1 aromatic rings. The molecule has 1 fully saturated rings. The molecule has 110 valence electrons. The topological polar surface area (TPSA) is 60.2 Å². The summed E-state index contributed by atoms with van der Waals surface area (Å²) in [6.07, 6.45) is 5.37. The van der Waals surface area contributed by atoms with E-state index in [9.17, 15) is 8.42 Å². The molecule has 2 atom stereocenters. The van der Waals surface area contributed by atoms with Gasteiger partial charge in [0.05, 0.1) is 11.5 Å². The van der Waals surface area contributed by atoms with Gasteiger partial charge >= 0.3 is 0 Å². The van der Waals surface area contributed by atoms with E-state index in [0.717, 1.165) is 12.8 Å². The zero-order valence-corrected chi connectivity index (χ0v) is 12.7. The van der Waals surface area contributed by atoms with Crippen molar-refractivity contribution in [3.63, 3.8) is 0 Å². The average Bonchev–Trinajstić information content (AvgIpc) is 3.01. The molecule has 0 saturated carbocycles. The molecule has 1 aliphatic carbocycles. The van der Waals surface area contributed by atoms with Gasteiger partial charge in [-0.25, -0.2) is 8.42 Å². The minimum atomic E-state index is -2.81. The van der Waals surface area contributed by atoms with Crippen molar-refractivity contribution in [2.45, 2.75) is 32.1 Å². The number of rotatable bonds is 4. The third-order valence-electron chi connectivity index (χ3n) is 4.90. The Balaban J connectivity index is 1.72. The van der Waals surface area contributed by atoms with Gasteiger partial charge in [-0.3, -0.25) is 0 Å². The molecule has 1 heterocycles. The van der Waals surface area contributed by atoms with Crippen LogP contribution < -0.4 is 5.73 Å². The summed E-state index contributed by atoms with van der Waals surface area (Å²) in [5, 5.41) is 0. The summed E-state index contributed by atoms with van der Waals surface area (Å²) in [6.45, 7) is 0.581. The molecule has 3 rings (SSSR count). The summed E-state index contributed by atoms with van der Waals surface area (Å²) >= 11 is 0. The highest BCUT2D eigenvalue weighted by molar-refractivity contribution is 7.91. The number of aryl methyl sites for hydroxylation is 2. The van der Waals surface area contributed by atoms with Crippen molar-refractivity contribution in [2.24, 2.45) is 17.6 Å². The largest absolute Gasteiger partial charge is 0.330 e. The second-order valence-corrected chi connectivity index (χ2v) is 8.55. The summed E-state index contributed by atoms with van der Waals surface area (Å²) < 4.78 is 23.3. The van der Waals surface area contributed by atoms with Crippen molar-refractivity contribution in [3.8, 4) is 0 Å². The van der Waals surface area contributed by atoms with Gasteiger partial charge in [0, 0.05) is 0 Å². The number of benzene rings is 1. The van der Waals surface area contributed by atoms with Gasteiger partial charge in [0.1, 0.15) is 0 Å². The van der Waals surface area contributed by atoms with Gasteiger partial charge in [0.15, 0.2) is 9.84 Å². The summed E-state index contributed by atoms with van der Waals surface area (Å²) in [7, 11) is -2.81. The van der Waals surface area contributed by atoms with E-state index in [1.54, 1.807) is 0 Å². The van der Waals surface area contributed by atoms with Crippen LogP contribution in [0.1, 0.15) is 29.5 Å². The molecule has 1 saturated heterocycles. The summed E-state index contributed by atoms with van der Waals surface area (Å²) in [5.41, 5.74) is 10.2. The van der Waals surface area contributed by atoms with Crippen molar-refractivity contribution in [1.82, 2.24) is 0 Å². The van der Waals surface area contributed by atoms with E-state index in [2.05, 4.69) is 18.2 Å². The Bertz CT molecular complexity index is 594. The minimum Gasteiger partial charge on any atom is -0.330 e. The SMILES string of the molecule is NCC(Cc1ccc2c(c1)CCC2)C1CCS(=O)(=O)C1. The van der Waals surface area contributed by atoms with Crippen LogP contribution in [-0.2, 0) is 29.1 Å². The van der Waals surface area contributed by atoms with E-state index in [4.69, 9.17) is 5.73 Å². The van der Waals surface area contributed by atoms with Crippen molar-refractivity contribution >= 4 is 9.84 Å². The van der Waals surface area contributed by atoms with Crippen LogP contribution in [0.5, 0.6) is 0 Å². The highest BCUT2D eigenvalue weighted by Crippen LogP contribution is 2.29. The normalized spacial score (nSPS) is 25.6. The van der Waals surface area contributed by atoms with Crippen LogP contribution in [0.4, 0.5) is 0 Å². The van der Waals surface area contributed by atoms with Crippen molar-refractivity contribution in [3.05, 3.63) is 34.9 Å². The summed E-state index contributed by atoms with van der Waals surface area (Å²) in [4.78, 5) is 0. The second kappa shape index (κ2) is 5.49. The van der Waals surface area contributed by atoms with E-state index >= 15 is 0 Å². The standard InChI is InChI=1S/C16H23NO2S/c17-10-16(15-6-7-20(18,19)11-15)9-12-4-5-13-2-1-3-14(13)8-12/h4-5,8,15-16H,1-3,6-7,9-11,17H2. The molecular formula is C16H23NO2S. The maximum Gasteiger partial charge on any atom is 0.150 e. The molecule has 1 aromatic carbocycles. The third-order valence-corrected chi connectivity index (χ3v) is 6.69. The molecule has 0 radical (unpaired) electrons. The Hall–Kier alpha value is -0.870. The first kappa shape index (κ1) is 14.1. The average molecular weight is 293 g/mol. The highest BCUT2D eigenvalue weighted by Gasteiger charge is 2.33. The van der Waals surface area contributed by atoms with Crippen LogP contribution in [-0.4, -0.2) is 26.5 Å². The molecule has 3 nitrogen and oxygen atoms in total. The monoisotopic (exact) mass is 293 g/mol. The lowest BCUT2D eigenvalue weighted by atomic mass is 9.86. The molecule has 0 amide bonds. The third kappa shape index (κ3) is 2.91. The van der Waals surface area contributed by atoms with Gasteiger partial charge < -0.3 is 5.73 Å². The Morgan fingerprint density at radius 1 is 1.25 bits per heavy atom. The molecular weight excluding hydrogens is 270 g/mol. The Morgan fingerprint density at radius 2 is 2.05 bits per heavy atom. The number of fused-ring (bicyclic) bond motifs is 1. The summed E-state index contributed by atoms with van der Waals surface area (Å²) in [6, 6.07) is 6.77. The quantitative estimate of drug-likeness (QED) is 0.919. The zero-order valence-electron chi connectivity index (χ0n) is 11.8. The van der Waals surface area contributed by atoms with Crippen LogP contribution >= 0.6 is 0 Å². The lowest BCUT2D eigenvalue weighted by Crippen LogP contribution is -2.26. The van der Waals surface area contributed by atoms with Crippen LogP contribution in [0.25, 0.3) is 0 Å². The van der Waals surface area contributed by atoms with Crippen molar-refractivity contribution in [2.75, 3.05) is 18.1 Å². The lowest BCUT2D eigenvalue weighted by Gasteiger charge is -2.21. The Kier molecular flexibility index (Phi) is 3.87. The smallest absolute Gasteiger partial charge is 0.150 e. The molecule has 2 aliphatic rings. The first-order chi connectivity index (χ1) is 9.57. The molecule has 2 N–H and O–H groups in total. The number of hydrogen-bond acceptors (Lipinski definition) is 3. The fourth-order valence-corrected chi connectivity index (χ4v) is 5.61. The predicted molar refractivity (Wildman–Crippen MR) is 81.5 cm³/mol. The Morgan fingerprint density at radius 3 is 2.75 bits per heavy atom. The number of sulfone groups is 1. The van der Waals surface area contributed by atoms with Gasteiger partial charge in [-0.05, 0) is 67.2 Å². The highest BCUT2D eigenvalue weighted by atomic mass is 32.2. The number of hydrogen-bond donors (Lipinski definition) is 1. The van der Waals surface area contributed by atoms with E-state index in [-0.39, 0.29) is 5.92 Å². The fraction of sp³-hybridized carbons (Fsp3) is 0.625. The second-order valence-electron chi connectivity index (χ2n) is 6.32. The molecule has 1 aliphatic heterocycles. The van der Waals surface area contributed by atoms with Crippen LogP contribution in [0, 0.1) is 11.8 Å². The van der Waals surface area contributed by atoms with Crippen LogP contribution in [0.2, 0.25) is 0 Å². The molecule has 0 aromatic heterocycles. The van der Waals surface area contributed by atoms with E-state index in [1.807, 2.05) is 0 Å². The van der Waals surface area contributed by atoms with Gasteiger partial charge in [-0.2, -0.15) is 0 Å². The Labute approximate surface area is 121 Å². The van der Waals surface area contributed by atoms with Gasteiger partial charge in [0.25, 0.3) is 0 Å². The minimum absolute atomic E-state index is 0.248. The molecule has 0 spiro atoms. The maximum atomic E-state index is 11.6.